The minimum atomic E-state index is -0.536. The maximum absolute atomic E-state index is 13.3. The highest BCUT2D eigenvalue weighted by Crippen LogP contribution is 2.40. The number of rotatable bonds is 5. The quantitative estimate of drug-likeness (QED) is 0.698. The largest absolute Gasteiger partial charge is 0.354 e. The summed E-state index contributed by atoms with van der Waals surface area (Å²) in [6, 6.07) is 11.1. The van der Waals surface area contributed by atoms with Crippen LogP contribution in [0.5, 0.6) is 0 Å². The van der Waals surface area contributed by atoms with E-state index in [1.54, 1.807) is 0 Å². The molecule has 1 aromatic rings. The monoisotopic (exact) mass is 390 g/mol. The zero-order valence-electron chi connectivity index (χ0n) is 17.4. The Bertz CT molecular complexity index is 631. The predicted molar refractivity (Wildman–Crippen MR) is 113 cm³/mol. The standard InChI is InChI=1S/C22H34N2O2S/c1-6-19(27-20(25)24-21(2,3)16-26-22(24,4)5)18-13-10-14-23(18)15-17-11-8-7-9-12-17/h7-9,11-12,18-19H,6,10,13-16H2,1-5H3/t18-,19-/m0/s1. The lowest BCUT2D eigenvalue weighted by Crippen LogP contribution is -2.52. The first-order valence-electron chi connectivity index (χ1n) is 10.2. The molecule has 0 N–H and O–H groups in total. The maximum atomic E-state index is 13.3. The van der Waals surface area contributed by atoms with Crippen molar-refractivity contribution in [2.75, 3.05) is 13.2 Å². The van der Waals surface area contributed by atoms with E-state index in [1.165, 1.54) is 30.2 Å². The smallest absolute Gasteiger partial charge is 0.284 e. The number of hydrogen-bond acceptors (Lipinski definition) is 4. The summed E-state index contributed by atoms with van der Waals surface area (Å²) in [5.41, 5.74) is 0.557. The Labute approximate surface area is 168 Å². The van der Waals surface area contributed by atoms with Gasteiger partial charge in [0.05, 0.1) is 12.1 Å². The van der Waals surface area contributed by atoms with E-state index in [2.05, 4.69) is 56.0 Å². The summed E-state index contributed by atoms with van der Waals surface area (Å²) in [6.07, 6.45) is 3.39. The molecule has 0 bridgehead atoms. The molecule has 0 unspecified atom stereocenters. The van der Waals surface area contributed by atoms with E-state index in [9.17, 15) is 4.79 Å². The van der Waals surface area contributed by atoms with Crippen LogP contribution in [0.1, 0.15) is 59.4 Å². The molecule has 0 aliphatic carbocycles. The molecule has 5 heteroatoms. The van der Waals surface area contributed by atoms with Crippen molar-refractivity contribution in [1.82, 2.24) is 9.80 Å². The van der Waals surface area contributed by atoms with Gasteiger partial charge in [-0.3, -0.25) is 14.6 Å². The molecule has 0 spiro atoms. The van der Waals surface area contributed by atoms with Crippen LogP contribution in [-0.4, -0.2) is 50.7 Å². The third-order valence-electron chi connectivity index (χ3n) is 5.83. The molecule has 3 rings (SSSR count). The van der Waals surface area contributed by atoms with Crippen LogP contribution in [0, 0.1) is 0 Å². The molecule has 0 saturated carbocycles. The summed E-state index contributed by atoms with van der Waals surface area (Å²) in [4.78, 5) is 17.8. The molecular weight excluding hydrogens is 356 g/mol. The van der Waals surface area contributed by atoms with Gasteiger partial charge < -0.3 is 4.74 Å². The van der Waals surface area contributed by atoms with E-state index in [0.717, 1.165) is 19.5 Å². The highest BCUT2D eigenvalue weighted by atomic mass is 32.2. The van der Waals surface area contributed by atoms with Crippen molar-refractivity contribution in [3.05, 3.63) is 35.9 Å². The van der Waals surface area contributed by atoms with Crippen molar-refractivity contribution in [1.29, 1.82) is 0 Å². The summed E-state index contributed by atoms with van der Waals surface area (Å²) in [5, 5.41) is 0.469. The van der Waals surface area contributed by atoms with Crippen LogP contribution < -0.4 is 0 Å². The molecule has 1 aromatic carbocycles. The molecule has 0 radical (unpaired) electrons. The number of carbonyl (C=O) groups is 1. The minimum Gasteiger partial charge on any atom is -0.354 e. The summed E-state index contributed by atoms with van der Waals surface area (Å²) in [7, 11) is 0. The van der Waals surface area contributed by atoms with Gasteiger partial charge in [-0.15, -0.1) is 0 Å². The van der Waals surface area contributed by atoms with Crippen LogP contribution >= 0.6 is 11.8 Å². The Morgan fingerprint density at radius 3 is 2.56 bits per heavy atom. The van der Waals surface area contributed by atoms with Gasteiger partial charge >= 0.3 is 0 Å². The fourth-order valence-corrected chi connectivity index (χ4v) is 6.04. The van der Waals surface area contributed by atoms with Gasteiger partial charge in [0.15, 0.2) is 0 Å². The first kappa shape index (κ1) is 20.7. The molecule has 0 aromatic heterocycles. The van der Waals surface area contributed by atoms with Crippen LogP contribution in [-0.2, 0) is 11.3 Å². The van der Waals surface area contributed by atoms with Gasteiger partial charge in [-0.25, -0.2) is 0 Å². The molecule has 4 nitrogen and oxygen atoms in total. The Hall–Kier alpha value is -1.04. The molecule has 2 heterocycles. The number of hydrogen-bond donors (Lipinski definition) is 0. The SMILES string of the molecule is CC[C@H](SC(=O)N1C(C)(C)COC1(C)C)[C@@H]1CCCN1Cc1ccccc1. The number of amides is 1. The van der Waals surface area contributed by atoms with Gasteiger partial charge in [-0.1, -0.05) is 49.0 Å². The molecule has 2 aliphatic heterocycles. The highest BCUT2D eigenvalue weighted by Gasteiger charge is 2.49. The average Bonchev–Trinajstić information content (AvgIpc) is 3.15. The van der Waals surface area contributed by atoms with Gasteiger partial charge in [-0.2, -0.15) is 0 Å². The van der Waals surface area contributed by atoms with E-state index in [0.29, 0.717) is 17.9 Å². The van der Waals surface area contributed by atoms with Gasteiger partial charge in [-0.05, 0) is 59.1 Å². The maximum Gasteiger partial charge on any atom is 0.284 e. The third-order valence-corrected chi connectivity index (χ3v) is 7.17. The van der Waals surface area contributed by atoms with Crippen molar-refractivity contribution in [2.24, 2.45) is 0 Å². The molecule has 1 amide bonds. The van der Waals surface area contributed by atoms with Gasteiger partial charge in [0.25, 0.3) is 5.24 Å². The van der Waals surface area contributed by atoms with E-state index in [4.69, 9.17) is 4.74 Å². The third kappa shape index (κ3) is 4.52. The number of nitrogens with zero attached hydrogens (tertiary/aromatic N) is 2. The second-order valence-electron chi connectivity index (χ2n) is 8.88. The fraction of sp³-hybridized carbons (Fsp3) is 0.682. The first-order valence-corrected chi connectivity index (χ1v) is 11.1. The van der Waals surface area contributed by atoms with Crippen LogP contribution in [0.2, 0.25) is 0 Å². The lowest BCUT2D eigenvalue weighted by atomic mass is 10.1. The molecule has 27 heavy (non-hydrogen) atoms. The van der Waals surface area contributed by atoms with E-state index < -0.39 is 5.72 Å². The predicted octanol–water partition coefficient (Wildman–Crippen LogP) is 5.13. The molecule has 2 saturated heterocycles. The molecule has 150 valence electrons. The van der Waals surface area contributed by atoms with Crippen LogP contribution in [0.15, 0.2) is 30.3 Å². The molecule has 2 atom stereocenters. The highest BCUT2D eigenvalue weighted by molar-refractivity contribution is 8.14. The second-order valence-corrected chi connectivity index (χ2v) is 10.1. The number of likely N-dealkylation sites (tertiary alicyclic amines) is 1. The number of ether oxygens (including phenoxy) is 1. The number of carbonyl (C=O) groups excluding carboxylic acids is 1. The summed E-state index contributed by atoms with van der Waals surface area (Å²) in [5.74, 6) is 0. The van der Waals surface area contributed by atoms with Gasteiger partial charge in [0, 0.05) is 17.8 Å². The van der Waals surface area contributed by atoms with Crippen molar-refractivity contribution >= 4 is 17.0 Å². The van der Waals surface area contributed by atoms with E-state index >= 15 is 0 Å². The molecule has 2 fully saturated rings. The zero-order valence-corrected chi connectivity index (χ0v) is 18.2. The summed E-state index contributed by atoms with van der Waals surface area (Å²) < 4.78 is 5.91. The van der Waals surface area contributed by atoms with E-state index in [-0.39, 0.29) is 10.8 Å². The van der Waals surface area contributed by atoms with Crippen molar-refractivity contribution < 1.29 is 9.53 Å². The van der Waals surface area contributed by atoms with Crippen molar-refractivity contribution in [2.45, 2.75) is 83.0 Å². The van der Waals surface area contributed by atoms with Gasteiger partial charge in [0.2, 0.25) is 0 Å². The lowest BCUT2D eigenvalue weighted by molar-refractivity contribution is -0.0298. The zero-order chi connectivity index (χ0) is 19.7. The van der Waals surface area contributed by atoms with Crippen LogP contribution in [0.25, 0.3) is 0 Å². The normalized spacial score (nSPS) is 25.7. The average molecular weight is 391 g/mol. The van der Waals surface area contributed by atoms with Crippen LogP contribution in [0.3, 0.4) is 0 Å². The summed E-state index contributed by atoms with van der Waals surface area (Å²) >= 11 is 1.52. The molecular formula is C22H34N2O2S. The van der Waals surface area contributed by atoms with Gasteiger partial charge in [0.1, 0.15) is 5.72 Å². The summed E-state index contributed by atoms with van der Waals surface area (Å²) in [6.45, 7) is 13.1. The Balaban J connectivity index is 1.69. The van der Waals surface area contributed by atoms with Crippen molar-refractivity contribution in [3.8, 4) is 0 Å². The van der Waals surface area contributed by atoms with Crippen molar-refractivity contribution in [3.63, 3.8) is 0 Å². The lowest BCUT2D eigenvalue weighted by Gasteiger charge is -2.39. The Morgan fingerprint density at radius 2 is 1.96 bits per heavy atom. The van der Waals surface area contributed by atoms with Crippen LogP contribution in [0.4, 0.5) is 4.79 Å². The second kappa shape index (κ2) is 8.14. The Kier molecular flexibility index (Phi) is 6.24. The minimum absolute atomic E-state index is 0.154. The Morgan fingerprint density at radius 1 is 1.26 bits per heavy atom. The first-order chi connectivity index (χ1) is 12.7. The number of benzene rings is 1. The molecule has 2 aliphatic rings. The fourth-order valence-electron chi connectivity index (χ4n) is 4.58. The topological polar surface area (TPSA) is 32.8 Å². The number of thioether (sulfide) groups is 1. The van der Waals surface area contributed by atoms with E-state index in [1.807, 2.05) is 18.7 Å².